The van der Waals surface area contributed by atoms with Crippen LogP contribution in [0.15, 0.2) is 34.1 Å². The zero-order chi connectivity index (χ0) is 17.0. The van der Waals surface area contributed by atoms with Crippen LogP contribution < -0.4 is 5.14 Å². The summed E-state index contributed by atoms with van der Waals surface area (Å²) in [5.41, 5.74) is 0. The number of hydrogen-bond donors (Lipinski definition) is 1. The molecule has 0 saturated carbocycles. The first kappa shape index (κ1) is 20.5. The number of unbranched alkanes of at least 4 members (excludes halogenated alkanes) is 9. The second kappa shape index (κ2) is 11.9. The maximum atomic E-state index is 11.2. The molecule has 0 bridgehead atoms. The molecule has 0 spiro atoms. The van der Waals surface area contributed by atoms with E-state index in [2.05, 4.69) is 6.92 Å². The van der Waals surface area contributed by atoms with Crippen molar-refractivity contribution >= 4 is 21.8 Å². The number of rotatable bonds is 13. The highest BCUT2D eigenvalue weighted by Crippen LogP contribution is 2.21. The Kier molecular flexibility index (Phi) is 10.6. The Labute approximate surface area is 146 Å². The van der Waals surface area contributed by atoms with Crippen molar-refractivity contribution in [1.29, 1.82) is 0 Å². The predicted molar refractivity (Wildman–Crippen MR) is 100 cm³/mol. The first-order chi connectivity index (χ1) is 11.0. The summed E-state index contributed by atoms with van der Waals surface area (Å²) in [6.07, 6.45) is 13.5. The zero-order valence-electron chi connectivity index (χ0n) is 14.3. The lowest BCUT2D eigenvalue weighted by atomic mass is 10.1. The van der Waals surface area contributed by atoms with Crippen LogP contribution in [0.5, 0.6) is 0 Å². The smallest absolute Gasteiger partial charge is 0.225 e. The molecule has 0 saturated heterocycles. The van der Waals surface area contributed by atoms with Gasteiger partial charge >= 0.3 is 0 Å². The van der Waals surface area contributed by atoms with E-state index in [0.717, 1.165) is 10.6 Å². The van der Waals surface area contributed by atoms with E-state index in [1.807, 2.05) is 12.1 Å². The van der Waals surface area contributed by atoms with Crippen molar-refractivity contribution in [2.75, 3.05) is 5.75 Å². The lowest BCUT2D eigenvalue weighted by Crippen LogP contribution is -2.11. The predicted octanol–water partition coefficient (Wildman–Crippen LogP) is 5.35. The lowest BCUT2D eigenvalue weighted by molar-refractivity contribution is 0.563. The molecule has 0 unspecified atom stereocenters. The Morgan fingerprint density at radius 3 is 1.78 bits per heavy atom. The van der Waals surface area contributed by atoms with Crippen molar-refractivity contribution in [1.82, 2.24) is 0 Å². The van der Waals surface area contributed by atoms with Crippen LogP contribution in [-0.4, -0.2) is 14.2 Å². The SMILES string of the molecule is CCCCCCCCCCCCSc1ccc(S(N)(=O)=O)cc1. The number of hydrogen-bond acceptors (Lipinski definition) is 3. The first-order valence-corrected chi connectivity index (χ1v) is 11.3. The minimum absolute atomic E-state index is 0.181. The van der Waals surface area contributed by atoms with Gasteiger partial charge in [-0.2, -0.15) is 0 Å². The summed E-state index contributed by atoms with van der Waals surface area (Å²) in [5.74, 6) is 1.09. The summed E-state index contributed by atoms with van der Waals surface area (Å²) in [5, 5.41) is 5.09. The van der Waals surface area contributed by atoms with Crippen molar-refractivity contribution in [3.05, 3.63) is 24.3 Å². The van der Waals surface area contributed by atoms with Crippen LogP contribution in [0.3, 0.4) is 0 Å². The molecule has 132 valence electrons. The van der Waals surface area contributed by atoms with Gasteiger partial charge in [0.1, 0.15) is 0 Å². The molecule has 2 N–H and O–H groups in total. The molecule has 1 rings (SSSR count). The van der Waals surface area contributed by atoms with E-state index in [1.54, 1.807) is 23.9 Å². The summed E-state index contributed by atoms with van der Waals surface area (Å²) in [7, 11) is -3.57. The summed E-state index contributed by atoms with van der Waals surface area (Å²) in [6, 6.07) is 6.83. The minimum Gasteiger partial charge on any atom is -0.225 e. The van der Waals surface area contributed by atoms with Crippen LogP contribution in [-0.2, 0) is 10.0 Å². The van der Waals surface area contributed by atoms with Crippen LogP contribution in [0.25, 0.3) is 0 Å². The third-order valence-corrected chi connectivity index (χ3v) is 5.95. The molecule has 5 heteroatoms. The van der Waals surface area contributed by atoms with E-state index >= 15 is 0 Å². The van der Waals surface area contributed by atoms with Gasteiger partial charge in [0, 0.05) is 4.90 Å². The van der Waals surface area contributed by atoms with Crippen molar-refractivity contribution in [2.45, 2.75) is 80.9 Å². The fourth-order valence-electron chi connectivity index (χ4n) is 2.51. The summed E-state index contributed by atoms with van der Waals surface area (Å²) < 4.78 is 22.3. The largest absolute Gasteiger partial charge is 0.238 e. The van der Waals surface area contributed by atoms with Crippen molar-refractivity contribution in [3.63, 3.8) is 0 Å². The van der Waals surface area contributed by atoms with E-state index in [0.29, 0.717) is 0 Å². The maximum Gasteiger partial charge on any atom is 0.238 e. The third-order valence-electron chi connectivity index (χ3n) is 3.92. The monoisotopic (exact) mass is 357 g/mol. The zero-order valence-corrected chi connectivity index (χ0v) is 15.9. The third kappa shape index (κ3) is 10.0. The molecule has 0 radical (unpaired) electrons. The van der Waals surface area contributed by atoms with Gasteiger partial charge in [0.2, 0.25) is 10.0 Å². The normalized spacial score (nSPS) is 11.7. The standard InChI is InChI=1S/C18H31NO2S2/c1-2-3-4-5-6-7-8-9-10-11-16-22-17-12-14-18(15-13-17)23(19,20)21/h12-15H,2-11,16H2,1H3,(H2,19,20,21). The topological polar surface area (TPSA) is 60.2 Å². The molecule has 1 aromatic rings. The molecular weight excluding hydrogens is 326 g/mol. The fraction of sp³-hybridized carbons (Fsp3) is 0.667. The van der Waals surface area contributed by atoms with Gasteiger partial charge in [-0.15, -0.1) is 11.8 Å². The number of nitrogens with two attached hydrogens (primary N) is 1. The quantitative estimate of drug-likeness (QED) is 0.382. The highest BCUT2D eigenvalue weighted by Gasteiger charge is 2.06. The van der Waals surface area contributed by atoms with Gasteiger partial charge in [-0.3, -0.25) is 0 Å². The molecule has 0 aromatic heterocycles. The summed E-state index contributed by atoms with van der Waals surface area (Å²) in [6.45, 7) is 2.26. The van der Waals surface area contributed by atoms with Crippen LogP contribution in [0.2, 0.25) is 0 Å². The minimum atomic E-state index is -3.57. The molecule has 0 aliphatic heterocycles. The fourth-order valence-corrected chi connectivity index (χ4v) is 3.93. The molecule has 0 fully saturated rings. The Morgan fingerprint density at radius 2 is 1.30 bits per heavy atom. The molecule has 1 aromatic carbocycles. The first-order valence-electron chi connectivity index (χ1n) is 8.79. The second-order valence-electron chi connectivity index (χ2n) is 6.05. The van der Waals surface area contributed by atoms with Crippen molar-refractivity contribution < 1.29 is 8.42 Å². The average molecular weight is 358 g/mol. The van der Waals surface area contributed by atoms with Gasteiger partial charge in [0.15, 0.2) is 0 Å². The van der Waals surface area contributed by atoms with E-state index < -0.39 is 10.0 Å². The molecule has 0 aliphatic carbocycles. The summed E-state index contributed by atoms with van der Waals surface area (Å²) in [4.78, 5) is 1.29. The molecule has 23 heavy (non-hydrogen) atoms. The second-order valence-corrected chi connectivity index (χ2v) is 8.78. The van der Waals surface area contributed by atoms with E-state index in [4.69, 9.17) is 5.14 Å². The average Bonchev–Trinajstić information content (AvgIpc) is 2.52. The van der Waals surface area contributed by atoms with Crippen LogP contribution in [0, 0.1) is 0 Å². The van der Waals surface area contributed by atoms with Gasteiger partial charge in [0.25, 0.3) is 0 Å². The molecular formula is C18H31NO2S2. The van der Waals surface area contributed by atoms with Crippen LogP contribution in [0.1, 0.15) is 71.1 Å². The number of sulfonamides is 1. The van der Waals surface area contributed by atoms with Gasteiger partial charge in [-0.25, -0.2) is 13.6 Å². The van der Waals surface area contributed by atoms with Gasteiger partial charge in [0.05, 0.1) is 4.90 Å². The van der Waals surface area contributed by atoms with E-state index in [-0.39, 0.29) is 4.90 Å². The van der Waals surface area contributed by atoms with Crippen molar-refractivity contribution in [2.24, 2.45) is 5.14 Å². The Morgan fingerprint density at radius 1 is 0.826 bits per heavy atom. The molecule has 0 heterocycles. The highest BCUT2D eigenvalue weighted by atomic mass is 32.2. The van der Waals surface area contributed by atoms with Gasteiger partial charge < -0.3 is 0 Å². The van der Waals surface area contributed by atoms with E-state index in [1.165, 1.54) is 64.2 Å². The molecule has 0 atom stereocenters. The molecule has 0 amide bonds. The van der Waals surface area contributed by atoms with E-state index in [9.17, 15) is 8.42 Å². The Hall–Kier alpha value is -0.520. The highest BCUT2D eigenvalue weighted by molar-refractivity contribution is 7.99. The summed E-state index contributed by atoms with van der Waals surface area (Å²) >= 11 is 1.78. The molecule has 0 aliphatic rings. The van der Waals surface area contributed by atoms with Gasteiger partial charge in [-0.1, -0.05) is 64.7 Å². The van der Waals surface area contributed by atoms with Crippen LogP contribution >= 0.6 is 11.8 Å². The molecule has 3 nitrogen and oxygen atoms in total. The number of primary sulfonamides is 1. The van der Waals surface area contributed by atoms with Gasteiger partial charge in [-0.05, 0) is 36.4 Å². The Balaban J connectivity index is 2.01. The Bertz CT molecular complexity index is 512. The number of thioether (sulfide) groups is 1. The van der Waals surface area contributed by atoms with Crippen LogP contribution in [0.4, 0.5) is 0 Å². The number of benzene rings is 1. The lowest BCUT2D eigenvalue weighted by Gasteiger charge is -2.04. The maximum absolute atomic E-state index is 11.2. The van der Waals surface area contributed by atoms with Crippen molar-refractivity contribution in [3.8, 4) is 0 Å².